The van der Waals surface area contributed by atoms with Gasteiger partial charge >= 0.3 is 5.97 Å². The summed E-state index contributed by atoms with van der Waals surface area (Å²) in [5.41, 5.74) is -0.381. The number of carbonyl (C=O) groups excluding carboxylic acids is 3. The maximum Gasteiger partial charge on any atom is 0.322 e. The molecule has 5 aliphatic carbocycles. The van der Waals surface area contributed by atoms with Crippen molar-refractivity contribution in [3.63, 3.8) is 0 Å². The van der Waals surface area contributed by atoms with E-state index in [0.29, 0.717) is 19.3 Å². The molecule has 0 aliphatic heterocycles. The molecular formula is C39H60N2O6. The number of carbonyl (C=O) groups is 4. The van der Waals surface area contributed by atoms with E-state index in [1.165, 1.54) is 5.57 Å². The zero-order chi connectivity index (χ0) is 35.0. The SMILES string of the molecule is C=CCN(C(=O)[C@@]1(C)CC[C@]2(C)CC[C@]3(C)C(=CC(=O)[C@@H]4[C@@]5(C)CC[C@H](O)C(C)(C)[C@@H]5CC[C@]43C)[C@@H]2C1)C(CC)C(=O)NCC(=O)O. The van der Waals surface area contributed by atoms with E-state index in [2.05, 4.69) is 53.4 Å². The number of ketones is 1. The van der Waals surface area contributed by atoms with Crippen LogP contribution >= 0.6 is 0 Å². The van der Waals surface area contributed by atoms with Crippen LogP contribution in [0.3, 0.4) is 0 Å². The predicted octanol–water partition coefficient (Wildman–Crippen LogP) is 6.32. The lowest BCUT2D eigenvalue weighted by atomic mass is 9.33. The van der Waals surface area contributed by atoms with Gasteiger partial charge in [0.2, 0.25) is 11.8 Å². The minimum Gasteiger partial charge on any atom is -0.480 e. The highest BCUT2D eigenvalue weighted by molar-refractivity contribution is 5.96. The smallest absolute Gasteiger partial charge is 0.322 e. The van der Waals surface area contributed by atoms with Crippen LogP contribution in [-0.2, 0) is 19.2 Å². The van der Waals surface area contributed by atoms with Crippen molar-refractivity contribution in [1.82, 2.24) is 10.2 Å². The Morgan fingerprint density at radius 2 is 1.68 bits per heavy atom. The molecule has 8 heteroatoms. The Morgan fingerprint density at radius 3 is 2.30 bits per heavy atom. The molecule has 5 rings (SSSR count). The summed E-state index contributed by atoms with van der Waals surface area (Å²) in [6.45, 7) is 21.3. The van der Waals surface area contributed by atoms with E-state index in [1.807, 2.05) is 19.9 Å². The molecule has 0 heterocycles. The van der Waals surface area contributed by atoms with Crippen molar-refractivity contribution in [3.05, 3.63) is 24.3 Å². The number of nitrogens with zero attached hydrogens (tertiary/aromatic N) is 1. The molecular weight excluding hydrogens is 592 g/mol. The highest BCUT2D eigenvalue weighted by Gasteiger charge is 2.70. The van der Waals surface area contributed by atoms with Gasteiger partial charge < -0.3 is 20.4 Å². The van der Waals surface area contributed by atoms with E-state index in [0.717, 1.165) is 44.9 Å². The Hall–Kier alpha value is -2.48. The number of allylic oxidation sites excluding steroid dienone is 2. The van der Waals surface area contributed by atoms with Crippen LogP contribution in [0.1, 0.15) is 120 Å². The first-order valence-corrected chi connectivity index (χ1v) is 18.1. The van der Waals surface area contributed by atoms with Crippen LogP contribution in [0.4, 0.5) is 0 Å². The molecule has 262 valence electrons. The van der Waals surface area contributed by atoms with Gasteiger partial charge in [0.15, 0.2) is 5.78 Å². The van der Waals surface area contributed by atoms with E-state index in [-0.39, 0.29) is 69.2 Å². The van der Waals surface area contributed by atoms with Crippen LogP contribution in [-0.4, -0.2) is 63.9 Å². The fourth-order valence-corrected chi connectivity index (χ4v) is 12.0. The van der Waals surface area contributed by atoms with Crippen molar-refractivity contribution in [2.24, 2.45) is 50.2 Å². The number of aliphatic carboxylic acids is 1. The normalized spacial score (nSPS) is 42.7. The number of aliphatic hydroxyl groups is 1. The summed E-state index contributed by atoms with van der Waals surface area (Å²) < 4.78 is 0. The Labute approximate surface area is 282 Å². The maximum atomic E-state index is 14.7. The lowest BCUT2D eigenvalue weighted by molar-refractivity contribution is -0.202. The summed E-state index contributed by atoms with van der Waals surface area (Å²) in [5.74, 6) is -1.24. The predicted molar refractivity (Wildman–Crippen MR) is 182 cm³/mol. The average Bonchev–Trinajstić information content (AvgIpc) is 2.99. The van der Waals surface area contributed by atoms with Crippen molar-refractivity contribution < 1.29 is 29.4 Å². The van der Waals surface area contributed by atoms with E-state index in [4.69, 9.17) is 5.11 Å². The van der Waals surface area contributed by atoms with Gasteiger partial charge in [-0.05, 0) is 109 Å². The summed E-state index contributed by atoms with van der Waals surface area (Å²) in [4.78, 5) is 55.1. The van der Waals surface area contributed by atoms with E-state index in [9.17, 15) is 24.3 Å². The van der Waals surface area contributed by atoms with Crippen LogP contribution in [0.5, 0.6) is 0 Å². The summed E-state index contributed by atoms with van der Waals surface area (Å²) in [6.07, 6.45) is 11.4. The van der Waals surface area contributed by atoms with E-state index in [1.54, 1.807) is 11.0 Å². The molecule has 0 bridgehead atoms. The molecule has 8 nitrogen and oxygen atoms in total. The lowest BCUT2D eigenvalue weighted by Gasteiger charge is -2.70. The van der Waals surface area contributed by atoms with Gasteiger partial charge in [-0.15, -0.1) is 6.58 Å². The summed E-state index contributed by atoms with van der Waals surface area (Å²) in [5, 5.41) is 22.6. The minimum atomic E-state index is -1.13. The van der Waals surface area contributed by atoms with Crippen molar-refractivity contribution in [1.29, 1.82) is 0 Å². The average molecular weight is 653 g/mol. The van der Waals surface area contributed by atoms with E-state index >= 15 is 0 Å². The van der Waals surface area contributed by atoms with Crippen LogP contribution in [0, 0.1) is 50.2 Å². The third-order valence-electron chi connectivity index (χ3n) is 15.1. The second kappa shape index (κ2) is 11.8. The largest absolute Gasteiger partial charge is 0.480 e. The quantitative estimate of drug-likeness (QED) is 0.264. The number of amides is 2. The number of fused-ring (bicyclic) bond motifs is 7. The molecule has 1 unspecified atom stereocenters. The molecule has 47 heavy (non-hydrogen) atoms. The number of carboxylic acid groups (broad SMARTS) is 1. The van der Waals surface area contributed by atoms with Crippen LogP contribution in [0.25, 0.3) is 0 Å². The zero-order valence-electron chi connectivity index (χ0n) is 30.2. The fraction of sp³-hybridized carbons (Fsp3) is 0.795. The molecule has 5 aliphatic rings. The topological polar surface area (TPSA) is 124 Å². The van der Waals surface area contributed by atoms with Gasteiger partial charge in [-0.1, -0.05) is 67.0 Å². The molecule has 4 saturated carbocycles. The van der Waals surface area contributed by atoms with Gasteiger partial charge in [-0.3, -0.25) is 19.2 Å². The molecule has 3 N–H and O–H groups in total. The second-order valence-electron chi connectivity index (χ2n) is 17.9. The number of nitrogens with one attached hydrogen (secondary N) is 1. The summed E-state index contributed by atoms with van der Waals surface area (Å²) in [7, 11) is 0. The molecule has 0 aromatic rings. The van der Waals surface area contributed by atoms with E-state index < -0.39 is 29.9 Å². The Morgan fingerprint density at radius 1 is 1.02 bits per heavy atom. The molecule has 2 amide bonds. The number of rotatable bonds is 8. The molecule has 0 aromatic heterocycles. The maximum absolute atomic E-state index is 14.7. The van der Waals surface area contributed by atoms with Gasteiger partial charge in [0, 0.05) is 17.9 Å². The van der Waals surface area contributed by atoms with Gasteiger partial charge in [0.05, 0.1) is 6.10 Å². The monoisotopic (exact) mass is 652 g/mol. The first kappa shape index (κ1) is 35.8. The first-order valence-electron chi connectivity index (χ1n) is 18.1. The van der Waals surface area contributed by atoms with Gasteiger partial charge in [0.25, 0.3) is 0 Å². The Bertz CT molecular complexity index is 1370. The van der Waals surface area contributed by atoms with Gasteiger partial charge in [-0.25, -0.2) is 0 Å². The highest BCUT2D eigenvalue weighted by Crippen LogP contribution is 2.75. The third-order valence-corrected chi connectivity index (χ3v) is 15.1. The summed E-state index contributed by atoms with van der Waals surface area (Å²) in [6, 6.07) is -0.800. The van der Waals surface area contributed by atoms with Gasteiger partial charge in [-0.2, -0.15) is 0 Å². The number of hydrogen-bond donors (Lipinski definition) is 3. The third kappa shape index (κ3) is 5.25. The van der Waals surface area contributed by atoms with Crippen molar-refractivity contribution in [2.45, 2.75) is 132 Å². The molecule has 0 spiro atoms. The lowest BCUT2D eigenvalue weighted by Crippen LogP contribution is -2.66. The number of carboxylic acids is 1. The second-order valence-corrected chi connectivity index (χ2v) is 17.9. The molecule has 0 saturated heterocycles. The standard InChI is InChI=1S/C39H60N2O6/c1-10-20-41(26(11-2)32(46)40-23-30(44)45)33(47)36(6)17-16-35(5)18-19-38(8)24(25(35)22-36)21-27(42)31-37(7)14-13-29(43)34(3,4)28(37)12-15-39(31,38)9/h10,21,25-26,28-29,31,43H,1,11-20,22-23H2,2-9H3,(H,40,46)(H,44,45)/t25-,26?,28-,29-,31+,35+,36-,37-,38+,39+/m0/s1. The van der Waals surface area contributed by atoms with Crippen molar-refractivity contribution >= 4 is 23.6 Å². The van der Waals surface area contributed by atoms with Crippen LogP contribution < -0.4 is 5.32 Å². The minimum absolute atomic E-state index is 0.0288. The summed E-state index contributed by atoms with van der Waals surface area (Å²) >= 11 is 0. The molecule has 4 fully saturated rings. The highest BCUT2D eigenvalue weighted by atomic mass is 16.4. The van der Waals surface area contributed by atoms with Crippen LogP contribution in [0.2, 0.25) is 0 Å². The zero-order valence-corrected chi connectivity index (χ0v) is 30.2. The Balaban J connectivity index is 1.51. The molecule has 0 aromatic carbocycles. The van der Waals surface area contributed by atoms with Crippen LogP contribution in [0.15, 0.2) is 24.3 Å². The molecule has 10 atom stereocenters. The Kier molecular flexibility index (Phi) is 9.02. The fourth-order valence-electron chi connectivity index (χ4n) is 12.0. The van der Waals surface area contributed by atoms with Crippen molar-refractivity contribution in [3.8, 4) is 0 Å². The van der Waals surface area contributed by atoms with Crippen molar-refractivity contribution in [2.75, 3.05) is 13.1 Å². The molecule has 0 radical (unpaired) electrons. The number of aliphatic hydroxyl groups excluding tert-OH is 1. The number of hydrogen-bond acceptors (Lipinski definition) is 5. The van der Waals surface area contributed by atoms with Gasteiger partial charge in [0.1, 0.15) is 12.6 Å². The first-order chi connectivity index (χ1) is 21.8.